The first kappa shape index (κ1) is 20.7. The average molecular weight is 408 g/mol. The van der Waals surface area contributed by atoms with Crippen molar-refractivity contribution in [2.75, 3.05) is 5.32 Å². The highest BCUT2D eigenvalue weighted by Gasteiger charge is 2.14. The zero-order chi connectivity index (χ0) is 21.0. The first-order chi connectivity index (χ1) is 13.7. The van der Waals surface area contributed by atoms with Crippen LogP contribution in [0.1, 0.15) is 59.7 Å². The third kappa shape index (κ3) is 5.51. The molecule has 0 radical (unpaired) electrons. The van der Waals surface area contributed by atoms with Crippen LogP contribution in [0.3, 0.4) is 0 Å². The molecule has 0 atom stereocenters. The lowest BCUT2D eigenvalue weighted by Gasteiger charge is -2.19. The molecule has 0 fully saturated rings. The fraction of sp³-hybridized carbons (Fsp3) is 0.261. The van der Waals surface area contributed by atoms with E-state index in [0.717, 1.165) is 16.5 Å². The third-order valence-corrected chi connectivity index (χ3v) is 5.34. The smallest absolute Gasteiger partial charge is 0.251 e. The second kappa shape index (κ2) is 8.57. The molecule has 5 nitrogen and oxygen atoms in total. The quantitative estimate of drug-likeness (QED) is 0.543. The first-order valence-corrected chi connectivity index (χ1v) is 10.3. The highest BCUT2D eigenvalue weighted by atomic mass is 32.1. The number of thiazole rings is 1. The van der Waals surface area contributed by atoms with Gasteiger partial charge in [0.2, 0.25) is 0 Å². The van der Waals surface area contributed by atoms with E-state index in [1.165, 1.54) is 16.9 Å². The molecule has 6 heteroatoms. The number of hydrogen-bond donors (Lipinski definition) is 2. The number of benzene rings is 2. The lowest BCUT2D eigenvalue weighted by atomic mass is 9.87. The molecule has 0 aliphatic rings. The Balaban J connectivity index is 1.56. The Bertz CT molecular complexity index is 1000. The molecule has 3 rings (SSSR count). The minimum atomic E-state index is -0.118. The average Bonchev–Trinajstić information content (AvgIpc) is 3.13. The Morgan fingerprint density at radius 1 is 0.966 bits per heavy atom. The summed E-state index contributed by atoms with van der Waals surface area (Å²) in [5.41, 5.74) is 4.22. The maximum atomic E-state index is 12.4. The molecule has 0 saturated heterocycles. The molecule has 1 heterocycles. The molecular formula is C23H25N3O2S. The molecule has 0 saturated carbocycles. The van der Waals surface area contributed by atoms with Crippen LogP contribution in [-0.4, -0.2) is 16.7 Å². The standard InChI is InChI=1S/C23H25N3O2S/c1-15(27)16-7-11-19(12-8-16)25-22-26-20(14-29-22)13-24-21(28)17-5-9-18(10-6-17)23(2,3)4/h5-12,14H,13H2,1-4H3,(H,24,28)(H,25,26). The van der Waals surface area contributed by atoms with Crippen LogP contribution in [0.5, 0.6) is 0 Å². The van der Waals surface area contributed by atoms with Crippen molar-refractivity contribution in [1.82, 2.24) is 10.3 Å². The maximum Gasteiger partial charge on any atom is 0.251 e. The van der Waals surface area contributed by atoms with Gasteiger partial charge in [-0.2, -0.15) is 0 Å². The predicted octanol–water partition coefficient (Wildman–Crippen LogP) is 5.32. The summed E-state index contributed by atoms with van der Waals surface area (Å²) in [5.74, 6) is -0.0790. The zero-order valence-corrected chi connectivity index (χ0v) is 17.9. The number of nitrogens with zero attached hydrogens (tertiary/aromatic N) is 1. The predicted molar refractivity (Wildman–Crippen MR) is 118 cm³/mol. The number of aromatic nitrogens is 1. The van der Waals surface area contributed by atoms with Crippen molar-refractivity contribution in [3.63, 3.8) is 0 Å². The fourth-order valence-corrected chi connectivity index (χ4v) is 3.48. The van der Waals surface area contributed by atoms with Crippen LogP contribution in [-0.2, 0) is 12.0 Å². The molecule has 2 aromatic carbocycles. The van der Waals surface area contributed by atoms with Crippen molar-refractivity contribution in [3.05, 3.63) is 76.3 Å². The van der Waals surface area contributed by atoms with Gasteiger partial charge in [0.05, 0.1) is 12.2 Å². The Kier molecular flexibility index (Phi) is 6.13. The Hall–Kier alpha value is -2.99. The number of ketones is 1. The van der Waals surface area contributed by atoms with Gasteiger partial charge >= 0.3 is 0 Å². The summed E-state index contributed by atoms with van der Waals surface area (Å²) in [6.07, 6.45) is 0. The van der Waals surface area contributed by atoms with E-state index in [1.54, 1.807) is 19.1 Å². The van der Waals surface area contributed by atoms with Crippen molar-refractivity contribution in [2.45, 2.75) is 39.7 Å². The largest absolute Gasteiger partial charge is 0.346 e. The van der Waals surface area contributed by atoms with E-state index in [1.807, 2.05) is 41.8 Å². The van der Waals surface area contributed by atoms with E-state index in [2.05, 4.69) is 36.4 Å². The maximum absolute atomic E-state index is 12.4. The summed E-state index contributed by atoms with van der Waals surface area (Å²) in [6.45, 7) is 8.35. The fourth-order valence-electron chi connectivity index (χ4n) is 2.75. The van der Waals surface area contributed by atoms with E-state index >= 15 is 0 Å². The van der Waals surface area contributed by atoms with Crippen molar-refractivity contribution < 1.29 is 9.59 Å². The van der Waals surface area contributed by atoms with Crippen LogP contribution < -0.4 is 10.6 Å². The molecule has 1 aromatic heterocycles. The first-order valence-electron chi connectivity index (χ1n) is 9.43. The zero-order valence-electron chi connectivity index (χ0n) is 17.1. The number of amides is 1. The molecule has 150 valence electrons. The van der Waals surface area contributed by atoms with E-state index in [0.29, 0.717) is 17.7 Å². The van der Waals surface area contributed by atoms with Gasteiger partial charge in [-0.25, -0.2) is 4.98 Å². The van der Waals surface area contributed by atoms with Gasteiger partial charge in [-0.1, -0.05) is 32.9 Å². The Morgan fingerprint density at radius 3 is 2.17 bits per heavy atom. The molecule has 1 amide bonds. The lowest BCUT2D eigenvalue weighted by molar-refractivity contribution is 0.0949. The van der Waals surface area contributed by atoms with Gasteiger partial charge in [0, 0.05) is 22.2 Å². The van der Waals surface area contributed by atoms with Crippen molar-refractivity contribution in [2.24, 2.45) is 0 Å². The van der Waals surface area contributed by atoms with Crippen LogP contribution in [0, 0.1) is 0 Å². The number of nitrogens with one attached hydrogen (secondary N) is 2. The van der Waals surface area contributed by atoms with Gasteiger partial charge in [0.1, 0.15) is 0 Å². The monoisotopic (exact) mass is 407 g/mol. The minimum absolute atomic E-state index is 0.0388. The SMILES string of the molecule is CC(=O)c1ccc(Nc2nc(CNC(=O)c3ccc(C(C)(C)C)cc3)cs2)cc1. The third-order valence-electron chi connectivity index (χ3n) is 4.54. The molecule has 29 heavy (non-hydrogen) atoms. The van der Waals surface area contributed by atoms with Gasteiger partial charge in [-0.05, 0) is 54.3 Å². The number of anilines is 2. The van der Waals surface area contributed by atoms with Gasteiger partial charge in [-0.3, -0.25) is 9.59 Å². The van der Waals surface area contributed by atoms with Crippen LogP contribution in [0.4, 0.5) is 10.8 Å². The van der Waals surface area contributed by atoms with Crippen molar-refractivity contribution in [3.8, 4) is 0 Å². The van der Waals surface area contributed by atoms with Crippen LogP contribution in [0.15, 0.2) is 53.9 Å². The topological polar surface area (TPSA) is 71.1 Å². The molecule has 0 bridgehead atoms. The molecule has 0 unspecified atom stereocenters. The van der Waals surface area contributed by atoms with Gasteiger partial charge < -0.3 is 10.6 Å². The Morgan fingerprint density at radius 2 is 1.59 bits per heavy atom. The summed E-state index contributed by atoms with van der Waals surface area (Å²) < 4.78 is 0. The van der Waals surface area contributed by atoms with Crippen LogP contribution in [0.25, 0.3) is 0 Å². The highest BCUT2D eigenvalue weighted by molar-refractivity contribution is 7.13. The molecule has 0 spiro atoms. The van der Waals surface area contributed by atoms with Gasteiger partial charge in [0.25, 0.3) is 5.91 Å². The van der Waals surface area contributed by atoms with E-state index in [-0.39, 0.29) is 17.1 Å². The second-order valence-electron chi connectivity index (χ2n) is 7.91. The normalized spacial score (nSPS) is 11.2. The number of carbonyl (C=O) groups excluding carboxylic acids is 2. The number of rotatable bonds is 6. The molecule has 2 N–H and O–H groups in total. The summed E-state index contributed by atoms with van der Waals surface area (Å²) in [5, 5.41) is 8.77. The Labute approximate surface area is 175 Å². The number of Topliss-reactive ketones (excluding diaryl/α,β-unsaturated/α-hetero) is 1. The number of carbonyl (C=O) groups is 2. The highest BCUT2D eigenvalue weighted by Crippen LogP contribution is 2.23. The van der Waals surface area contributed by atoms with Crippen molar-refractivity contribution in [1.29, 1.82) is 0 Å². The summed E-state index contributed by atoms with van der Waals surface area (Å²) >= 11 is 1.47. The number of hydrogen-bond acceptors (Lipinski definition) is 5. The summed E-state index contributed by atoms with van der Waals surface area (Å²) in [7, 11) is 0. The van der Waals surface area contributed by atoms with E-state index in [9.17, 15) is 9.59 Å². The molecule has 0 aliphatic carbocycles. The van der Waals surface area contributed by atoms with Gasteiger partial charge in [-0.15, -0.1) is 11.3 Å². The summed E-state index contributed by atoms with van der Waals surface area (Å²) in [4.78, 5) is 28.2. The van der Waals surface area contributed by atoms with Crippen LogP contribution in [0.2, 0.25) is 0 Å². The molecule has 3 aromatic rings. The van der Waals surface area contributed by atoms with Gasteiger partial charge in [0.15, 0.2) is 10.9 Å². The molecular weight excluding hydrogens is 382 g/mol. The lowest BCUT2D eigenvalue weighted by Crippen LogP contribution is -2.23. The second-order valence-corrected chi connectivity index (χ2v) is 8.77. The van der Waals surface area contributed by atoms with E-state index in [4.69, 9.17) is 0 Å². The van der Waals surface area contributed by atoms with Crippen molar-refractivity contribution >= 4 is 33.8 Å². The minimum Gasteiger partial charge on any atom is -0.346 e. The van der Waals surface area contributed by atoms with E-state index < -0.39 is 0 Å². The summed E-state index contributed by atoms with van der Waals surface area (Å²) in [6, 6.07) is 15.0. The molecule has 0 aliphatic heterocycles. The van der Waals surface area contributed by atoms with Crippen LogP contribution >= 0.6 is 11.3 Å².